The highest BCUT2D eigenvalue weighted by Gasteiger charge is 2.31. The van der Waals surface area contributed by atoms with E-state index < -0.39 is 0 Å². The minimum atomic E-state index is -0.0360. The van der Waals surface area contributed by atoms with Crippen LogP contribution in [0.2, 0.25) is 5.02 Å². The van der Waals surface area contributed by atoms with Gasteiger partial charge in [0.2, 0.25) is 5.91 Å². The van der Waals surface area contributed by atoms with E-state index in [1.807, 2.05) is 21.9 Å². The van der Waals surface area contributed by atoms with Crippen molar-refractivity contribution in [3.63, 3.8) is 0 Å². The van der Waals surface area contributed by atoms with Crippen LogP contribution in [0.5, 0.6) is 0 Å². The molecular weight excluding hydrogens is 326 g/mol. The largest absolute Gasteiger partial charge is 0.340 e. The molecule has 5 nitrogen and oxygen atoms in total. The lowest BCUT2D eigenvalue weighted by Crippen LogP contribution is -2.51. The van der Waals surface area contributed by atoms with Crippen molar-refractivity contribution in [3.8, 4) is 0 Å². The number of nitrogens with zero attached hydrogens (tertiary/aromatic N) is 3. The van der Waals surface area contributed by atoms with Crippen molar-refractivity contribution in [1.29, 1.82) is 0 Å². The van der Waals surface area contributed by atoms with E-state index in [9.17, 15) is 9.59 Å². The van der Waals surface area contributed by atoms with Crippen LogP contribution in [0.3, 0.4) is 0 Å². The molecule has 2 fully saturated rings. The number of carbonyl (C=O) groups is 2. The summed E-state index contributed by atoms with van der Waals surface area (Å²) < 4.78 is 0. The minimum absolute atomic E-state index is 0.0360. The van der Waals surface area contributed by atoms with Gasteiger partial charge in [0.15, 0.2) is 0 Å². The molecule has 0 saturated carbocycles. The van der Waals surface area contributed by atoms with E-state index in [0.29, 0.717) is 23.7 Å². The zero-order valence-electron chi connectivity index (χ0n) is 14.1. The predicted molar refractivity (Wildman–Crippen MR) is 94.2 cm³/mol. The summed E-state index contributed by atoms with van der Waals surface area (Å²) in [4.78, 5) is 31.3. The Morgan fingerprint density at radius 3 is 2.21 bits per heavy atom. The van der Waals surface area contributed by atoms with Gasteiger partial charge in [-0.1, -0.05) is 23.7 Å². The third-order valence-corrected chi connectivity index (χ3v) is 5.38. The maximum Gasteiger partial charge on any atom is 0.255 e. The van der Waals surface area contributed by atoms with Crippen molar-refractivity contribution in [1.82, 2.24) is 14.7 Å². The van der Waals surface area contributed by atoms with E-state index in [4.69, 9.17) is 11.6 Å². The SMILES string of the molecule is CN1CCN(C(=O)C2CCN(C(=O)c3ccccc3Cl)CC2)CC1. The molecule has 2 aliphatic rings. The predicted octanol–water partition coefficient (Wildman–Crippen LogP) is 1.97. The lowest BCUT2D eigenvalue weighted by Gasteiger charge is -2.37. The van der Waals surface area contributed by atoms with Gasteiger partial charge in [0, 0.05) is 45.2 Å². The van der Waals surface area contributed by atoms with E-state index in [0.717, 1.165) is 39.0 Å². The third kappa shape index (κ3) is 3.73. The highest BCUT2D eigenvalue weighted by atomic mass is 35.5. The molecule has 0 aromatic heterocycles. The van der Waals surface area contributed by atoms with Crippen LogP contribution in [-0.2, 0) is 4.79 Å². The molecule has 0 unspecified atom stereocenters. The second-order valence-corrected chi connectivity index (χ2v) is 7.08. The number of piperidine rings is 1. The lowest BCUT2D eigenvalue weighted by molar-refractivity contribution is -0.138. The van der Waals surface area contributed by atoms with E-state index in [-0.39, 0.29) is 17.7 Å². The Hall–Kier alpha value is -1.59. The van der Waals surface area contributed by atoms with Gasteiger partial charge in [-0.05, 0) is 32.0 Å². The Balaban J connectivity index is 1.55. The summed E-state index contributed by atoms with van der Waals surface area (Å²) in [5.74, 6) is 0.266. The summed E-state index contributed by atoms with van der Waals surface area (Å²) >= 11 is 6.12. The maximum absolute atomic E-state index is 12.6. The molecule has 1 aromatic carbocycles. The summed E-state index contributed by atoms with van der Waals surface area (Å²) in [5, 5.41) is 0.484. The summed E-state index contributed by atoms with van der Waals surface area (Å²) in [6.07, 6.45) is 1.47. The molecule has 1 aromatic rings. The summed E-state index contributed by atoms with van der Waals surface area (Å²) in [5.41, 5.74) is 0.544. The number of likely N-dealkylation sites (tertiary alicyclic amines) is 1. The highest BCUT2D eigenvalue weighted by molar-refractivity contribution is 6.33. The first-order valence-electron chi connectivity index (χ1n) is 8.57. The van der Waals surface area contributed by atoms with Crippen LogP contribution >= 0.6 is 11.6 Å². The van der Waals surface area contributed by atoms with Crippen molar-refractivity contribution in [2.45, 2.75) is 12.8 Å². The smallest absolute Gasteiger partial charge is 0.255 e. The summed E-state index contributed by atoms with van der Waals surface area (Å²) in [6, 6.07) is 7.13. The number of hydrogen-bond donors (Lipinski definition) is 0. The topological polar surface area (TPSA) is 43.9 Å². The fourth-order valence-electron chi connectivity index (χ4n) is 3.42. The molecule has 130 valence electrons. The number of rotatable bonds is 2. The van der Waals surface area contributed by atoms with Gasteiger partial charge in [-0.15, -0.1) is 0 Å². The first-order chi connectivity index (χ1) is 11.6. The Morgan fingerprint density at radius 2 is 1.58 bits per heavy atom. The van der Waals surface area contributed by atoms with Gasteiger partial charge in [0.25, 0.3) is 5.91 Å². The van der Waals surface area contributed by atoms with Crippen LogP contribution in [0, 0.1) is 5.92 Å². The van der Waals surface area contributed by atoms with E-state index in [1.165, 1.54) is 0 Å². The van der Waals surface area contributed by atoms with Crippen molar-refractivity contribution in [2.24, 2.45) is 5.92 Å². The fourth-order valence-corrected chi connectivity index (χ4v) is 3.64. The number of likely N-dealkylation sites (N-methyl/N-ethyl adjacent to an activating group) is 1. The van der Waals surface area contributed by atoms with Crippen molar-refractivity contribution in [3.05, 3.63) is 34.9 Å². The highest BCUT2D eigenvalue weighted by Crippen LogP contribution is 2.24. The van der Waals surface area contributed by atoms with Gasteiger partial charge in [-0.2, -0.15) is 0 Å². The first kappa shape index (κ1) is 17.2. The fraction of sp³-hybridized carbons (Fsp3) is 0.556. The van der Waals surface area contributed by atoms with Gasteiger partial charge in [-0.25, -0.2) is 0 Å². The van der Waals surface area contributed by atoms with Crippen molar-refractivity contribution < 1.29 is 9.59 Å². The van der Waals surface area contributed by atoms with Crippen LogP contribution in [0.15, 0.2) is 24.3 Å². The maximum atomic E-state index is 12.6. The lowest BCUT2D eigenvalue weighted by atomic mass is 9.94. The number of carbonyl (C=O) groups excluding carboxylic acids is 2. The van der Waals surface area contributed by atoms with E-state index in [1.54, 1.807) is 12.1 Å². The first-order valence-corrected chi connectivity index (χ1v) is 8.95. The summed E-state index contributed by atoms with van der Waals surface area (Å²) in [6.45, 7) is 4.75. The Kier molecular flexibility index (Phi) is 5.41. The molecule has 24 heavy (non-hydrogen) atoms. The quantitative estimate of drug-likeness (QED) is 0.820. The molecule has 3 rings (SSSR count). The molecule has 2 saturated heterocycles. The van der Waals surface area contributed by atoms with Gasteiger partial charge in [-0.3, -0.25) is 9.59 Å². The molecule has 0 aliphatic carbocycles. The molecule has 0 N–H and O–H groups in total. The van der Waals surface area contributed by atoms with Gasteiger partial charge in [0.1, 0.15) is 0 Å². The standard InChI is InChI=1S/C18H24ClN3O2/c1-20-10-12-22(13-11-20)17(23)14-6-8-21(9-7-14)18(24)15-4-2-3-5-16(15)19/h2-5,14H,6-13H2,1H3. The second kappa shape index (κ2) is 7.53. The number of hydrogen-bond acceptors (Lipinski definition) is 3. The number of piperazine rings is 1. The average molecular weight is 350 g/mol. The van der Waals surface area contributed by atoms with E-state index >= 15 is 0 Å². The summed E-state index contributed by atoms with van der Waals surface area (Å²) in [7, 11) is 2.08. The Bertz CT molecular complexity index is 606. The minimum Gasteiger partial charge on any atom is -0.340 e. The van der Waals surface area contributed by atoms with Crippen LogP contribution < -0.4 is 0 Å². The second-order valence-electron chi connectivity index (χ2n) is 6.67. The molecule has 0 radical (unpaired) electrons. The molecule has 0 bridgehead atoms. The van der Waals surface area contributed by atoms with Crippen LogP contribution in [-0.4, -0.2) is 72.8 Å². The normalized spacial score (nSPS) is 20.2. The van der Waals surface area contributed by atoms with Gasteiger partial charge in [0.05, 0.1) is 10.6 Å². The zero-order chi connectivity index (χ0) is 17.1. The molecule has 2 aliphatic heterocycles. The average Bonchev–Trinajstić information content (AvgIpc) is 2.62. The number of benzene rings is 1. The zero-order valence-corrected chi connectivity index (χ0v) is 14.8. The van der Waals surface area contributed by atoms with Crippen LogP contribution in [0.1, 0.15) is 23.2 Å². The van der Waals surface area contributed by atoms with E-state index in [2.05, 4.69) is 11.9 Å². The molecule has 6 heteroatoms. The third-order valence-electron chi connectivity index (χ3n) is 5.05. The monoisotopic (exact) mass is 349 g/mol. The molecule has 2 heterocycles. The van der Waals surface area contributed by atoms with Crippen LogP contribution in [0.25, 0.3) is 0 Å². The molecule has 0 spiro atoms. The van der Waals surface area contributed by atoms with Crippen LogP contribution in [0.4, 0.5) is 0 Å². The molecule has 2 amide bonds. The van der Waals surface area contributed by atoms with Gasteiger partial charge < -0.3 is 14.7 Å². The number of amides is 2. The Morgan fingerprint density at radius 1 is 0.958 bits per heavy atom. The Labute approximate surface area is 148 Å². The van der Waals surface area contributed by atoms with Crippen molar-refractivity contribution >= 4 is 23.4 Å². The van der Waals surface area contributed by atoms with Crippen molar-refractivity contribution in [2.75, 3.05) is 46.3 Å². The molecular formula is C18H24ClN3O2. The number of halogens is 1. The molecule has 0 atom stereocenters. The van der Waals surface area contributed by atoms with Gasteiger partial charge >= 0.3 is 0 Å².